The second-order valence-electron chi connectivity index (χ2n) is 31.1. The third-order valence-corrected chi connectivity index (χ3v) is 37.2. The van der Waals surface area contributed by atoms with Crippen LogP contribution in [0.1, 0.15) is 104 Å². The van der Waals surface area contributed by atoms with Gasteiger partial charge in [-0.05, 0) is 87.8 Å². The lowest BCUT2D eigenvalue weighted by atomic mass is 9.97. The summed E-state index contributed by atoms with van der Waals surface area (Å²) in [5.41, 5.74) is -3.36. The van der Waals surface area contributed by atoms with Crippen molar-refractivity contribution < 1.29 is 86.1 Å². The molecular formula is C78H109ClO18Si3. The number of hydrogen-bond donors (Lipinski definition) is 4. The molecule has 6 aromatic rings. The quantitative estimate of drug-likeness (QED) is 0.0442. The van der Waals surface area contributed by atoms with Crippen LogP contribution >= 0.6 is 11.1 Å². The molecule has 0 amide bonds. The maximum absolute atomic E-state index is 10.6. The largest absolute Gasteiger partial charge is 0.404 e. The second kappa shape index (κ2) is 31.3. The molecule has 6 aliphatic rings. The summed E-state index contributed by atoms with van der Waals surface area (Å²) < 4.78 is 84.4. The number of benzene rings is 6. The van der Waals surface area contributed by atoms with E-state index in [4.69, 9.17) is 76.8 Å². The highest BCUT2D eigenvalue weighted by atomic mass is 35.6. The molecule has 0 radical (unpaired) electrons. The van der Waals surface area contributed by atoms with Crippen molar-refractivity contribution in [2.45, 2.75) is 209 Å². The highest BCUT2D eigenvalue weighted by molar-refractivity contribution is 7.35. The summed E-state index contributed by atoms with van der Waals surface area (Å²) in [4.78, 5) is 0. The summed E-state index contributed by atoms with van der Waals surface area (Å²) in [7, 11) is -3.15. The predicted molar refractivity (Wildman–Crippen MR) is 394 cm³/mol. The second-order valence-corrected chi connectivity index (χ2v) is 45.4. The van der Waals surface area contributed by atoms with Gasteiger partial charge in [0.05, 0.1) is 39.6 Å². The van der Waals surface area contributed by atoms with Crippen molar-refractivity contribution in [3.8, 4) is 0 Å². The molecule has 6 aliphatic heterocycles. The van der Waals surface area contributed by atoms with Crippen molar-refractivity contribution in [2.24, 2.45) is 0 Å². The highest BCUT2D eigenvalue weighted by Gasteiger charge is 2.67. The third-order valence-electron chi connectivity index (χ3n) is 19.9. The molecule has 6 heterocycles. The Hall–Kier alpha value is -4.46. The van der Waals surface area contributed by atoms with Gasteiger partial charge >= 0.3 is 0 Å². The van der Waals surface area contributed by atoms with Crippen LogP contribution in [0.4, 0.5) is 0 Å². The molecule has 18 nitrogen and oxygen atoms in total. The fourth-order valence-corrected chi connectivity index (χ4v) is 28.6. The molecular weight excluding hydrogens is 1340 g/mol. The van der Waals surface area contributed by atoms with Crippen molar-refractivity contribution in [1.82, 2.24) is 0 Å². The van der Waals surface area contributed by atoms with Gasteiger partial charge in [0, 0.05) is 21.3 Å². The van der Waals surface area contributed by atoms with Crippen LogP contribution in [0.15, 0.2) is 182 Å². The molecule has 4 N–H and O–H groups in total. The van der Waals surface area contributed by atoms with E-state index in [1.54, 1.807) is 28.1 Å². The number of ether oxygens (including phenoxy) is 12. The van der Waals surface area contributed by atoms with Gasteiger partial charge in [0.1, 0.15) is 53.4 Å². The molecule has 6 fully saturated rings. The van der Waals surface area contributed by atoms with Crippen molar-refractivity contribution in [3.63, 3.8) is 0 Å². The van der Waals surface area contributed by atoms with Crippen molar-refractivity contribution in [2.75, 3.05) is 61.0 Å². The molecule has 0 aromatic heterocycles. The average molecular weight is 1450 g/mol. The Bertz CT molecular complexity index is 3230. The number of aliphatic hydroxyl groups excluding tert-OH is 4. The topological polar surface area (TPSA) is 210 Å². The summed E-state index contributed by atoms with van der Waals surface area (Å²) >= 11 is 7.21. The lowest BCUT2D eigenvalue weighted by Gasteiger charge is -2.45. The van der Waals surface area contributed by atoms with Crippen LogP contribution in [0.5, 0.6) is 0 Å². The van der Waals surface area contributed by atoms with Crippen LogP contribution < -0.4 is 31.1 Å². The first-order valence-corrected chi connectivity index (χ1v) is 41.4. The van der Waals surface area contributed by atoms with Crippen LogP contribution in [0, 0.1) is 0 Å². The zero-order chi connectivity index (χ0) is 73.0. The lowest BCUT2D eigenvalue weighted by Crippen LogP contribution is -2.68. The van der Waals surface area contributed by atoms with E-state index in [9.17, 15) is 20.4 Å². The summed E-state index contributed by atoms with van der Waals surface area (Å²) in [5.74, 6) is -2.28. The first kappa shape index (κ1) is 79.7. The van der Waals surface area contributed by atoms with Crippen LogP contribution in [0.3, 0.4) is 0 Å². The first-order valence-electron chi connectivity index (χ1n) is 34.5. The van der Waals surface area contributed by atoms with Gasteiger partial charge in [-0.1, -0.05) is 244 Å². The maximum atomic E-state index is 10.6. The zero-order valence-corrected chi connectivity index (χ0v) is 65.4. The van der Waals surface area contributed by atoms with Gasteiger partial charge in [-0.25, -0.2) is 0 Å². The van der Waals surface area contributed by atoms with E-state index < -0.39 is 114 Å². The number of aliphatic hydroxyl groups is 4. The fraction of sp³-hybridized carbons (Fsp3) is 0.538. The van der Waals surface area contributed by atoms with Crippen LogP contribution in [-0.4, -0.2) is 195 Å². The third kappa shape index (κ3) is 15.7. The summed E-state index contributed by atoms with van der Waals surface area (Å²) in [6.07, 6.45) is -4.80. The summed E-state index contributed by atoms with van der Waals surface area (Å²) in [6.45, 7) is 30.1. The Balaban J connectivity index is 0.000000163. The molecule has 12 rings (SSSR count). The lowest BCUT2D eigenvalue weighted by molar-refractivity contribution is -0.255. The van der Waals surface area contributed by atoms with Gasteiger partial charge in [0.15, 0.2) is 36.2 Å². The molecule has 22 heteroatoms. The molecule has 0 aliphatic carbocycles. The Morgan fingerprint density at radius 1 is 0.330 bits per heavy atom. The molecule has 0 bridgehead atoms. The maximum Gasteiger partial charge on any atom is 0.261 e. The fourth-order valence-electron chi connectivity index (χ4n) is 15.2. The van der Waals surface area contributed by atoms with Gasteiger partial charge < -0.3 is 86.1 Å². The van der Waals surface area contributed by atoms with Crippen LogP contribution in [-0.2, 0) is 65.7 Å². The minimum atomic E-state index is -2.82. The Morgan fingerprint density at radius 2 is 0.550 bits per heavy atom. The van der Waals surface area contributed by atoms with E-state index in [1.165, 1.54) is 17.5 Å². The van der Waals surface area contributed by atoms with E-state index >= 15 is 0 Å². The summed E-state index contributed by atoms with van der Waals surface area (Å²) in [6, 6.07) is 62.7. The van der Waals surface area contributed by atoms with Gasteiger partial charge in [-0.3, -0.25) is 0 Å². The van der Waals surface area contributed by atoms with Crippen LogP contribution in [0.2, 0.25) is 15.1 Å². The van der Waals surface area contributed by atoms with E-state index in [-0.39, 0.29) is 54.8 Å². The number of fused-ring (bicyclic) bond motifs is 3. The first-order chi connectivity index (χ1) is 47.1. The predicted octanol–water partition coefficient (Wildman–Crippen LogP) is 8.65. The summed E-state index contributed by atoms with van der Waals surface area (Å²) in [5, 5.41) is 46.7. The minimum absolute atomic E-state index is 0.0667. The number of rotatable bonds is 19. The molecule has 6 saturated heterocycles. The SMILES string of the molecule is CC(C)(C)[Si](Cl)(c1ccccc1)c1ccccc1.CO[C@H]1[C@H]2OC(C)(C)O[C@H]2OC1(CO)CO.CO[C@H]1[C@H]2OC(C)(C)O[C@H]2O[C@@]1(CO)CO[Si](c1ccccc1)(c1ccccc1)C(C)(C)C.CO[C@H]1[C@H]2OC(C)(C)O[C@H]2O[C@]1(CO)CO[Si](c1ccccc1)(c1ccccc1)C(C)(C)C. The van der Waals surface area contributed by atoms with Crippen molar-refractivity contribution in [1.29, 1.82) is 0 Å². The number of halogens is 1. The zero-order valence-electron chi connectivity index (χ0n) is 61.6. The molecule has 548 valence electrons. The standard InChI is InChI=1S/2C26H36O6Si.C16H19ClSi.C10H18O6/c2*1-24(2,3)33(19-13-9-7-10-14-19,20-15-11-8-12-16-20)29-18-26(17-27)22(28-6)21-23(32-26)31-25(4,5)30-21;1-16(2,3)18(17,14-10-6-4-7-11-14)15-12-8-5-9-13-15;1-9(2)14-6-7(13-3)10(4-11,5-12)16-8(6)15-9/h2*7-16,21-23,27H,17-18H2,1-6H3;4-13H,1-3H3;6-8,11-12H,4-5H2,1-3H3/t21-,22+,23+,26+;21-,22+,23+,26-;;6-,7+,8+/m11.1/s1. The van der Waals surface area contributed by atoms with E-state index in [0.29, 0.717) is 0 Å². The molecule has 100 heavy (non-hydrogen) atoms. The van der Waals surface area contributed by atoms with E-state index in [1.807, 2.05) is 64.1 Å². The monoisotopic (exact) mass is 1450 g/mol. The number of hydrogen-bond acceptors (Lipinski definition) is 18. The minimum Gasteiger partial charge on any atom is -0.404 e. The molecule has 0 spiro atoms. The Morgan fingerprint density at radius 3 is 0.760 bits per heavy atom. The smallest absolute Gasteiger partial charge is 0.261 e. The normalized spacial score (nSPS) is 27.9. The number of methoxy groups -OCH3 is 3. The van der Waals surface area contributed by atoms with Gasteiger partial charge in [-0.2, -0.15) is 11.1 Å². The van der Waals surface area contributed by atoms with Gasteiger partial charge in [-0.15, -0.1) is 0 Å². The van der Waals surface area contributed by atoms with Gasteiger partial charge in [0.25, 0.3) is 16.6 Å². The molecule has 11 atom stereocenters. The molecule has 0 saturated carbocycles. The van der Waals surface area contributed by atoms with Crippen molar-refractivity contribution >= 4 is 66.2 Å². The van der Waals surface area contributed by atoms with Gasteiger partial charge in [0.2, 0.25) is 7.38 Å². The Labute approximate surface area is 600 Å². The van der Waals surface area contributed by atoms with Crippen LogP contribution in [0.25, 0.3) is 0 Å². The van der Waals surface area contributed by atoms with Crippen molar-refractivity contribution in [3.05, 3.63) is 182 Å². The van der Waals surface area contributed by atoms with E-state index in [2.05, 4.69) is 208 Å². The average Bonchev–Trinajstić information content (AvgIpc) is 1.64. The molecule has 0 unspecified atom stereocenters. The van der Waals surface area contributed by atoms with E-state index in [0.717, 1.165) is 20.7 Å². The molecule has 6 aromatic carbocycles. The highest BCUT2D eigenvalue weighted by Crippen LogP contribution is 2.49. The Kier molecular flexibility index (Phi) is 24.9.